The fraction of sp³-hybridized carbons (Fsp3) is 0.0526. The van der Waals surface area contributed by atoms with Gasteiger partial charge in [-0.3, -0.25) is 4.79 Å². The number of hydrogen-bond acceptors (Lipinski definition) is 4. The molecular weight excluding hydrogens is 304 g/mol. The second kappa shape index (κ2) is 6.83. The summed E-state index contributed by atoms with van der Waals surface area (Å²) in [7, 11) is 1.59. The third-order valence-corrected chi connectivity index (χ3v) is 3.62. The van der Waals surface area contributed by atoms with Crippen LogP contribution in [0.15, 0.2) is 65.8 Å². The van der Waals surface area contributed by atoms with Gasteiger partial charge in [0.25, 0.3) is 5.91 Å². The first-order valence-corrected chi connectivity index (χ1v) is 7.37. The predicted molar refractivity (Wildman–Crippen MR) is 93.7 cm³/mol. The van der Waals surface area contributed by atoms with Crippen LogP contribution in [0.25, 0.3) is 10.8 Å². The lowest BCUT2D eigenvalue weighted by atomic mass is 10.0. The van der Waals surface area contributed by atoms with E-state index in [1.54, 1.807) is 25.5 Å². The number of hydrogen-bond donors (Lipinski definition) is 2. The maximum Gasteiger partial charge on any atom is 0.271 e. The molecule has 0 saturated carbocycles. The minimum atomic E-state index is -0.402. The summed E-state index contributed by atoms with van der Waals surface area (Å²) in [4.78, 5) is 12.0. The summed E-state index contributed by atoms with van der Waals surface area (Å²) in [6, 6.07) is 17.8. The highest BCUT2D eigenvalue weighted by Crippen LogP contribution is 2.26. The molecule has 0 radical (unpaired) electrons. The van der Waals surface area contributed by atoms with Crippen molar-refractivity contribution >= 4 is 22.9 Å². The fourth-order valence-corrected chi connectivity index (χ4v) is 2.45. The van der Waals surface area contributed by atoms with E-state index < -0.39 is 5.91 Å². The van der Waals surface area contributed by atoms with Crippen molar-refractivity contribution in [3.8, 4) is 11.5 Å². The third kappa shape index (κ3) is 3.20. The monoisotopic (exact) mass is 320 g/mol. The van der Waals surface area contributed by atoms with E-state index in [-0.39, 0.29) is 5.75 Å². The van der Waals surface area contributed by atoms with Gasteiger partial charge in [0, 0.05) is 11.1 Å². The van der Waals surface area contributed by atoms with Crippen molar-refractivity contribution in [2.45, 2.75) is 0 Å². The first kappa shape index (κ1) is 15.6. The molecule has 0 aromatic heterocycles. The number of ether oxygens (including phenoxy) is 1. The molecular formula is C19H16N2O3. The second-order valence-electron chi connectivity index (χ2n) is 5.15. The SMILES string of the molecule is COc1ccc2ccccc2c1/C=N\NC(=O)c1cccc(O)c1. The van der Waals surface area contributed by atoms with Crippen LogP contribution in [0.3, 0.4) is 0 Å². The van der Waals surface area contributed by atoms with Crippen LogP contribution in [-0.2, 0) is 0 Å². The van der Waals surface area contributed by atoms with E-state index in [1.165, 1.54) is 12.1 Å². The Hall–Kier alpha value is -3.34. The first-order valence-electron chi connectivity index (χ1n) is 7.37. The Morgan fingerprint density at radius 3 is 2.75 bits per heavy atom. The Labute approximate surface area is 139 Å². The number of nitrogens with one attached hydrogen (secondary N) is 1. The van der Waals surface area contributed by atoms with Crippen LogP contribution in [0.5, 0.6) is 11.5 Å². The van der Waals surface area contributed by atoms with Gasteiger partial charge in [-0.15, -0.1) is 0 Å². The molecule has 5 nitrogen and oxygen atoms in total. The minimum Gasteiger partial charge on any atom is -0.508 e. The van der Waals surface area contributed by atoms with Crippen LogP contribution in [-0.4, -0.2) is 24.3 Å². The molecule has 0 heterocycles. The molecule has 0 aliphatic carbocycles. The van der Waals surface area contributed by atoms with Crippen LogP contribution >= 0.6 is 0 Å². The fourth-order valence-electron chi connectivity index (χ4n) is 2.45. The topological polar surface area (TPSA) is 70.9 Å². The Bertz CT molecular complexity index is 919. The van der Waals surface area contributed by atoms with Crippen LogP contribution < -0.4 is 10.2 Å². The molecule has 0 spiro atoms. The van der Waals surface area contributed by atoms with Crippen LogP contribution in [0.2, 0.25) is 0 Å². The number of phenolic OH excluding ortho intramolecular Hbond substituents is 1. The van der Waals surface area contributed by atoms with Gasteiger partial charge in [-0.2, -0.15) is 5.10 Å². The van der Waals surface area contributed by atoms with E-state index >= 15 is 0 Å². The van der Waals surface area contributed by atoms with Crippen molar-refractivity contribution in [1.29, 1.82) is 0 Å². The number of benzene rings is 3. The predicted octanol–water partition coefficient (Wildman–Crippen LogP) is 3.32. The van der Waals surface area contributed by atoms with E-state index in [9.17, 15) is 9.90 Å². The number of carbonyl (C=O) groups is 1. The van der Waals surface area contributed by atoms with E-state index in [0.29, 0.717) is 11.3 Å². The van der Waals surface area contributed by atoms with Crippen molar-refractivity contribution in [2.75, 3.05) is 7.11 Å². The lowest BCUT2D eigenvalue weighted by Crippen LogP contribution is -2.17. The zero-order chi connectivity index (χ0) is 16.9. The van der Waals surface area contributed by atoms with Gasteiger partial charge < -0.3 is 9.84 Å². The second-order valence-corrected chi connectivity index (χ2v) is 5.15. The molecule has 24 heavy (non-hydrogen) atoms. The summed E-state index contributed by atoms with van der Waals surface area (Å²) in [5.41, 5.74) is 3.57. The number of aromatic hydroxyl groups is 1. The standard InChI is InChI=1S/C19H16N2O3/c1-24-18-10-9-13-5-2-3-8-16(13)17(18)12-20-21-19(23)14-6-4-7-15(22)11-14/h2-12,22H,1H3,(H,21,23)/b20-12-. The molecule has 0 unspecified atom stereocenters. The summed E-state index contributed by atoms with van der Waals surface area (Å²) in [6.07, 6.45) is 1.56. The van der Waals surface area contributed by atoms with E-state index in [0.717, 1.165) is 16.3 Å². The number of carbonyl (C=O) groups excluding carboxylic acids is 1. The van der Waals surface area contributed by atoms with Gasteiger partial charge in [0.15, 0.2) is 0 Å². The third-order valence-electron chi connectivity index (χ3n) is 3.62. The van der Waals surface area contributed by atoms with Crippen molar-refractivity contribution in [2.24, 2.45) is 5.10 Å². The number of amides is 1. The van der Waals surface area contributed by atoms with Gasteiger partial charge in [-0.05, 0) is 35.0 Å². The zero-order valence-corrected chi connectivity index (χ0v) is 13.1. The smallest absolute Gasteiger partial charge is 0.271 e. The molecule has 1 amide bonds. The number of methoxy groups -OCH3 is 1. The lowest BCUT2D eigenvalue weighted by molar-refractivity contribution is 0.0954. The van der Waals surface area contributed by atoms with Gasteiger partial charge >= 0.3 is 0 Å². The largest absolute Gasteiger partial charge is 0.508 e. The minimum absolute atomic E-state index is 0.0300. The molecule has 0 bridgehead atoms. The number of nitrogens with zero attached hydrogens (tertiary/aromatic N) is 1. The molecule has 2 N–H and O–H groups in total. The molecule has 0 aliphatic rings. The van der Waals surface area contributed by atoms with Gasteiger partial charge in [0.1, 0.15) is 11.5 Å². The molecule has 5 heteroatoms. The lowest BCUT2D eigenvalue weighted by Gasteiger charge is -2.08. The molecule has 0 atom stereocenters. The Morgan fingerprint density at radius 1 is 1.12 bits per heavy atom. The van der Waals surface area contributed by atoms with E-state index in [4.69, 9.17) is 4.74 Å². The maximum atomic E-state index is 12.0. The Balaban J connectivity index is 1.86. The quantitative estimate of drug-likeness (QED) is 0.572. The average Bonchev–Trinajstić information content (AvgIpc) is 2.61. The maximum absolute atomic E-state index is 12.0. The highest BCUT2D eigenvalue weighted by molar-refractivity contribution is 6.03. The Morgan fingerprint density at radius 2 is 1.96 bits per heavy atom. The highest BCUT2D eigenvalue weighted by atomic mass is 16.5. The molecule has 3 aromatic rings. The molecule has 3 aromatic carbocycles. The summed E-state index contributed by atoms with van der Waals surface area (Å²) in [6.45, 7) is 0. The number of rotatable bonds is 4. The molecule has 3 rings (SSSR count). The van der Waals surface area contributed by atoms with E-state index in [2.05, 4.69) is 10.5 Å². The summed E-state index contributed by atoms with van der Waals surface area (Å²) < 4.78 is 5.37. The summed E-state index contributed by atoms with van der Waals surface area (Å²) in [5, 5.41) is 15.5. The molecule has 0 saturated heterocycles. The van der Waals surface area contributed by atoms with Crippen molar-refractivity contribution in [3.05, 3.63) is 71.8 Å². The van der Waals surface area contributed by atoms with Gasteiger partial charge in [0.2, 0.25) is 0 Å². The summed E-state index contributed by atoms with van der Waals surface area (Å²) >= 11 is 0. The van der Waals surface area contributed by atoms with E-state index in [1.807, 2.05) is 36.4 Å². The van der Waals surface area contributed by atoms with Crippen LogP contribution in [0.1, 0.15) is 15.9 Å². The highest BCUT2D eigenvalue weighted by Gasteiger charge is 2.07. The van der Waals surface area contributed by atoms with Crippen molar-refractivity contribution in [1.82, 2.24) is 5.43 Å². The van der Waals surface area contributed by atoms with Crippen molar-refractivity contribution < 1.29 is 14.6 Å². The zero-order valence-electron chi connectivity index (χ0n) is 13.1. The van der Waals surface area contributed by atoms with Crippen LogP contribution in [0.4, 0.5) is 0 Å². The number of fused-ring (bicyclic) bond motifs is 1. The van der Waals surface area contributed by atoms with Gasteiger partial charge in [-0.1, -0.05) is 36.4 Å². The van der Waals surface area contributed by atoms with Crippen LogP contribution in [0, 0.1) is 0 Å². The van der Waals surface area contributed by atoms with Gasteiger partial charge in [0.05, 0.1) is 13.3 Å². The Kier molecular flexibility index (Phi) is 4.43. The number of phenols is 1. The molecule has 0 fully saturated rings. The summed E-state index contributed by atoms with van der Waals surface area (Å²) in [5.74, 6) is 0.299. The van der Waals surface area contributed by atoms with Gasteiger partial charge in [-0.25, -0.2) is 5.43 Å². The number of hydrazone groups is 1. The first-order chi connectivity index (χ1) is 11.7. The molecule has 0 aliphatic heterocycles. The van der Waals surface area contributed by atoms with Crippen molar-refractivity contribution in [3.63, 3.8) is 0 Å². The average molecular weight is 320 g/mol. The normalized spacial score (nSPS) is 10.9. The molecule has 120 valence electrons.